The van der Waals surface area contributed by atoms with Gasteiger partial charge in [0.05, 0.1) is 6.26 Å². The lowest BCUT2D eigenvalue weighted by Gasteiger charge is -2.20. The standard InChI is InChI=1S/C15H24ClN3O3S/c1-12(2)18-15(20)17-8-10-19(23(3,21)22)9-7-13-5-4-6-14(16)11-13/h4-6,11-12H,7-10H2,1-3H3,(H2,17,18,20). The monoisotopic (exact) mass is 361 g/mol. The zero-order valence-electron chi connectivity index (χ0n) is 13.7. The van der Waals surface area contributed by atoms with E-state index >= 15 is 0 Å². The molecule has 2 amide bonds. The highest BCUT2D eigenvalue weighted by Crippen LogP contribution is 2.12. The Balaban J connectivity index is 2.52. The largest absolute Gasteiger partial charge is 0.337 e. The van der Waals surface area contributed by atoms with E-state index < -0.39 is 10.0 Å². The highest BCUT2D eigenvalue weighted by atomic mass is 35.5. The maximum absolute atomic E-state index is 11.8. The van der Waals surface area contributed by atoms with Gasteiger partial charge >= 0.3 is 6.03 Å². The minimum Gasteiger partial charge on any atom is -0.337 e. The molecule has 8 heteroatoms. The minimum absolute atomic E-state index is 0.0313. The average Bonchev–Trinajstić information content (AvgIpc) is 2.40. The van der Waals surface area contributed by atoms with E-state index in [1.165, 1.54) is 10.6 Å². The number of nitrogens with one attached hydrogen (secondary N) is 2. The average molecular weight is 362 g/mol. The van der Waals surface area contributed by atoms with Gasteiger partial charge in [0.1, 0.15) is 0 Å². The second-order valence-corrected chi connectivity index (χ2v) is 8.02. The van der Waals surface area contributed by atoms with Crippen LogP contribution in [0.15, 0.2) is 24.3 Å². The SMILES string of the molecule is CC(C)NC(=O)NCCN(CCc1cccc(Cl)c1)S(C)(=O)=O. The predicted octanol–water partition coefficient (Wildman–Crippen LogP) is 1.85. The van der Waals surface area contributed by atoms with Crippen LogP contribution in [0.3, 0.4) is 0 Å². The van der Waals surface area contributed by atoms with Crippen molar-refractivity contribution in [2.75, 3.05) is 25.9 Å². The topological polar surface area (TPSA) is 78.5 Å². The Bertz CT molecular complexity index is 620. The van der Waals surface area contributed by atoms with E-state index in [1.807, 2.05) is 32.0 Å². The lowest BCUT2D eigenvalue weighted by Crippen LogP contribution is -2.44. The molecule has 0 aliphatic heterocycles. The maximum atomic E-state index is 11.8. The zero-order chi connectivity index (χ0) is 17.5. The number of sulfonamides is 1. The number of rotatable bonds is 8. The molecule has 0 heterocycles. The van der Waals surface area contributed by atoms with E-state index in [0.717, 1.165) is 5.56 Å². The first-order valence-corrected chi connectivity index (χ1v) is 9.65. The first-order chi connectivity index (χ1) is 10.7. The number of hydrogen-bond acceptors (Lipinski definition) is 3. The molecule has 0 fully saturated rings. The fourth-order valence-corrected chi connectivity index (χ4v) is 3.06. The number of amides is 2. The highest BCUT2D eigenvalue weighted by Gasteiger charge is 2.16. The smallest absolute Gasteiger partial charge is 0.315 e. The van der Waals surface area contributed by atoms with E-state index in [9.17, 15) is 13.2 Å². The Labute approximate surface area is 143 Å². The molecule has 0 atom stereocenters. The Hall–Kier alpha value is -1.31. The molecule has 0 saturated heterocycles. The van der Waals surface area contributed by atoms with E-state index in [1.54, 1.807) is 6.07 Å². The van der Waals surface area contributed by atoms with Gasteiger partial charge in [-0.05, 0) is 38.0 Å². The summed E-state index contributed by atoms with van der Waals surface area (Å²) in [6.45, 7) is 4.53. The molecule has 0 radical (unpaired) electrons. The molecule has 0 aliphatic rings. The summed E-state index contributed by atoms with van der Waals surface area (Å²) in [5.41, 5.74) is 0.969. The van der Waals surface area contributed by atoms with E-state index in [-0.39, 0.29) is 25.2 Å². The molecule has 1 rings (SSSR count). The van der Waals surface area contributed by atoms with Gasteiger partial charge in [0.15, 0.2) is 0 Å². The molecule has 0 unspecified atom stereocenters. The fourth-order valence-electron chi connectivity index (χ4n) is 2.00. The Morgan fingerprint density at radius 3 is 2.57 bits per heavy atom. The van der Waals surface area contributed by atoms with Crippen LogP contribution in [0, 0.1) is 0 Å². The van der Waals surface area contributed by atoms with Crippen molar-refractivity contribution < 1.29 is 13.2 Å². The van der Waals surface area contributed by atoms with Crippen LogP contribution >= 0.6 is 11.6 Å². The summed E-state index contributed by atoms with van der Waals surface area (Å²) in [5, 5.41) is 5.96. The summed E-state index contributed by atoms with van der Waals surface area (Å²) >= 11 is 5.92. The molecule has 1 aromatic rings. The fraction of sp³-hybridized carbons (Fsp3) is 0.533. The Morgan fingerprint density at radius 2 is 2.00 bits per heavy atom. The van der Waals surface area contributed by atoms with Crippen molar-refractivity contribution in [1.29, 1.82) is 0 Å². The molecule has 1 aromatic carbocycles. The third-order valence-electron chi connectivity index (χ3n) is 3.07. The molecule has 0 aromatic heterocycles. The molecule has 6 nitrogen and oxygen atoms in total. The van der Waals surface area contributed by atoms with Crippen LogP contribution in [0.5, 0.6) is 0 Å². The second-order valence-electron chi connectivity index (χ2n) is 5.60. The summed E-state index contributed by atoms with van der Waals surface area (Å²) in [7, 11) is -3.34. The quantitative estimate of drug-likeness (QED) is 0.741. The van der Waals surface area contributed by atoms with Gasteiger partial charge in [0.2, 0.25) is 10.0 Å². The second kappa shape index (κ2) is 9.10. The lowest BCUT2D eigenvalue weighted by atomic mass is 10.1. The first-order valence-electron chi connectivity index (χ1n) is 7.42. The van der Waals surface area contributed by atoms with E-state index in [2.05, 4.69) is 10.6 Å². The predicted molar refractivity (Wildman–Crippen MR) is 93.2 cm³/mol. The maximum Gasteiger partial charge on any atom is 0.315 e. The van der Waals surface area contributed by atoms with Gasteiger partial charge in [-0.3, -0.25) is 0 Å². The van der Waals surface area contributed by atoms with Gasteiger partial charge in [-0.2, -0.15) is 0 Å². The summed E-state index contributed by atoms with van der Waals surface area (Å²) in [5.74, 6) is 0. The Kier molecular flexibility index (Phi) is 7.81. The molecule has 0 saturated carbocycles. The van der Waals surface area contributed by atoms with Crippen LogP contribution in [0.2, 0.25) is 5.02 Å². The molecule has 2 N–H and O–H groups in total. The number of halogens is 1. The van der Waals surface area contributed by atoms with Crippen molar-refractivity contribution >= 4 is 27.7 Å². The van der Waals surface area contributed by atoms with Crippen molar-refractivity contribution in [2.24, 2.45) is 0 Å². The number of carbonyl (C=O) groups is 1. The lowest BCUT2D eigenvalue weighted by molar-refractivity contribution is 0.237. The summed E-state index contributed by atoms with van der Waals surface area (Å²) in [6, 6.07) is 7.06. The number of benzene rings is 1. The zero-order valence-corrected chi connectivity index (χ0v) is 15.2. The van der Waals surface area contributed by atoms with Gasteiger partial charge in [0, 0.05) is 30.7 Å². The van der Waals surface area contributed by atoms with Crippen LogP contribution in [0.25, 0.3) is 0 Å². The van der Waals surface area contributed by atoms with Gasteiger partial charge in [-0.15, -0.1) is 0 Å². The van der Waals surface area contributed by atoms with Gasteiger partial charge < -0.3 is 10.6 Å². The molecule has 0 spiro atoms. The van der Waals surface area contributed by atoms with E-state index in [0.29, 0.717) is 18.0 Å². The van der Waals surface area contributed by atoms with Crippen LogP contribution in [0.4, 0.5) is 4.79 Å². The van der Waals surface area contributed by atoms with Gasteiger partial charge in [-0.1, -0.05) is 23.7 Å². The molecule has 0 aliphatic carbocycles. The van der Waals surface area contributed by atoms with Crippen molar-refractivity contribution in [3.63, 3.8) is 0 Å². The number of nitrogens with zero attached hydrogens (tertiary/aromatic N) is 1. The highest BCUT2D eigenvalue weighted by molar-refractivity contribution is 7.88. The normalized spacial score (nSPS) is 11.7. The molecule has 0 bridgehead atoms. The molecular weight excluding hydrogens is 338 g/mol. The van der Waals surface area contributed by atoms with Crippen molar-refractivity contribution in [3.05, 3.63) is 34.9 Å². The van der Waals surface area contributed by atoms with Crippen LogP contribution in [-0.4, -0.2) is 50.7 Å². The molecular formula is C15H24ClN3O3S. The van der Waals surface area contributed by atoms with Gasteiger partial charge in [-0.25, -0.2) is 17.5 Å². The number of urea groups is 1. The number of carbonyl (C=O) groups excluding carboxylic acids is 1. The van der Waals surface area contributed by atoms with Gasteiger partial charge in [0.25, 0.3) is 0 Å². The number of hydrogen-bond donors (Lipinski definition) is 2. The summed E-state index contributed by atoms with van der Waals surface area (Å²) in [4.78, 5) is 11.5. The van der Waals surface area contributed by atoms with Crippen LogP contribution in [0.1, 0.15) is 19.4 Å². The molecule has 130 valence electrons. The Morgan fingerprint density at radius 1 is 1.30 bits per heavy atom. The van der Waals surface area contributed by atoms with Crippen LogP contribution < -0.4 is 10.6 Å². The first kappa shape index (κ1) is 19.7. The van der Waals surface area contributed by atoms with Crippen molar-refractivity contribution in [3.8, 4) is 0 Å². The summed E-state index contributed by atoms with van der Waals surface area (Å²) < 4.78 is 25.0. The molecule has 23 heavy (non-hydrogen) atoms. The summed E-state index contributed by atoms with van der Waals surface area (Å²) in [6.07, 6.45) is 1.73. The van der Waals surface area contributed by atoms with Crippen molar-refractivity contribution in [1.82, 2.24) is 14.9 Å². The van der Waals surface area contributed by atoms with Crippen LogP contribution in [-0.2, 0) is 16.4 Å². The third-order valence-corrected chi connectivity index (χ3v) is 4.61. The van der Waals surface area contributed by atoms with Crippen molar-refractivity contribution in [2.45, 2.75) is 26.3 Å². The third kappa shape index (κ3) is 8.20. The minimum atomic E-state index is -3.34. The van der Waals surface area contributed by atoms with E-state index in [4.69, 9.17) is 11.6 Å².